The smallest absolute Gasteiger partial charge is 0.309 e. The fraction of sp³-hybridized carbons (Fsp3) is 0.500. The molecule has 1 heterocycles. The van der Waals surface area contributed by atoms with Crippen LogP contribution in [0.15, 0.2) is 35.3 Å². The number of benzene rings is 1. The zero-order valence-corrected chi connectivity index (χ0v) is 17.5. The van der Waals surface area contributed by atoms with Crippen molar-refractivity contribution < 1.29 is 14.6 Å². The average molecular weight is 430 g/mol. The lowest BCUT2D eigenvalue weighted by molar-refractivity contribution is -0.173. The summed E-state index contributed by atoms with van der Waals surface area (Å²) in [5, 5.41) is 17.6. The Labute approximate surface area is 179 Å². The third-order valence-electron chi connectivity index (χ3n) is 7.22. The number of hydrogen-bond donors (Lipinski definition) is 2. The molecular formula is C22H24ClN3O4. The van der Waals surface area contributed by atoms with Crippen LogP contribution in [0.25, 0.3) is 0 Å². The first kappa shape index (κ1) is 19.4. The van der Waals surface area contributed by atoms with Crippen molar-refractivity contribution in [1.82, 2.24) is 9.78 Å². The largest absolute Gasteiger partial charge is 0.497 e. The predicted molar refractivity (Wildman–Crippen MR) is 113 cm³/mol. The Kier molecular flexibility index (Phi) is 4.36. The molecule has 0 unspecified atom stereocenters. The van der Waals surface area contributed by atoms with Gasteiger partial charge in [0.05, 0.1) is 29.9 Å². The molecule has 30 heavy (non-hydrogen) atoms. The van der Waals surface area contributed by atoms with E-state index in [-0.39, 0.29) is 10.6 Å². The van der Waals surface area contributed by atoms with E-state index in [1.807, 2.05) is 24.3 Å². The molecule has 0 spiro atoms. The number of hydrogen-bond acceptors (Lipinski definition) is 5. The molecule has 0 saturated heterocycles. The molecular weight excluding hydrogens is 406 g/mol. The maximum Gasteiger partial charge on any atom is 0.309 e. The van der Waals surface area contributed by atoms with E-state index >= 15 is 0 Å². The number of rotatable bonds is 5. The second kappa shape index (κ2) is 6.74. The van der Waals surface area contributed by atoms with Crippen molar-refractivity contribution in [2.24, 2.45) is 17.3 Å². The average Bonchev–Trinajstić information content (AvgIpc) is 2.71. The number of methoxy groups -OCH3 is 1. The van der Waals surface area contributed by atoms with Crippen molar-refractivity contribution in [3.63, 3.8) is 0 Å². The van der Waals surface area contributed by atoms with Crippen molar-refractivity contribution in [1.29, 1.82) is 0 Å². The minimum atomic E-state index is -0.738. The summed E-state index contributed by atoms with van der Waals surface area (Å²) >= 11 is 6.47. The second-order valence-corrected chi connectivity index (χ2v) is 9.59. The van der Waals surface area contributed by atoms with E-state index in [0.29, 0.717) is 36.8 Å². The zero-order valence-electron chi connectivity index (χ0n) is 16.7. The van der Waals surface area contributed by atoms with Gasteiger partial charge in [-0.2, -0.15) is 5.10 Å². The van der Waals surface area contributed by atoms with Crippen LogP contribution in [-0.4, -0.2) is 28.0 Å². The van der Waals surface area contributed by atoms with Crippen LogP contribution < -0.4 is 15.6 Å². The van der Waals surface area contributed by atoms with Crippen molar-refractivity contribution >= 4 is 28.9 Å². The topological polar surface area (TPSA) is 93.4 Å². The van der Waals surface area contributed by atoms with Crippen LogP contribution in [0.5, 0.6) is 5.75 Å². The second-order valence-electron chi connectivity index (χ2n) is 9.21. The Hall–Kier alpha value is -2.54. The summed E-state index contributed by atoms with van der Waals surface area (Å²) in [7, 11) is 1.60. The van der Waals surface area contributed by atoms with E-state index < -0.39 is 16.9 Å². The summed E-state index contributed by atoms with van der Waals surface area (Å²) in [5.74, 6) is 0.645. The minimum absolute atomic E-state index is 0.0703. The lowest BCUT2D eigenvalue weighted by Gasteiger charge is -2.60. The van der Waals surface area contributed by atoms with Crippen LogP contribution in [0.3, 0.4) is 0 Å². The van der Waals surface area contributed by atoms with Gasteiger partial charge in [0.1, 0.15) is 10.8 Å². The van der Waals surface area contributed by atoms with E-state index in [9.17, 15) is 14.7 Å². The van der Waals surface area contributed by atoms with Gasteiger partial charge in [0, 0.05) is 5.69 Å². The monoisotopic (exact) mass is 429 g/mol. The molecule has 0 radical (unpaired) electrons. The van der Waals surface area contributed by atoms with Crippen LogP contribution >= 0.6 is 11.6 Å². The van der Waals surface area contributed by atoms with Crippen molar-refractivity contribution in [3.05, 3.63) is 45.8 Å². The maximum absolute atomic E-state index is 13.2. The number of carbonyl (C=O) groups is 1. The highest BCUT2D eigenvalue weighted by molar-refractivity contribution is 6.33. The summed E-state index contributed by atoms with van der Waals surface area (Å²) in [6, 6.07) is 7.28. The lowest BCUT2D eigenvalue weighted by atomic mass is 9.47. The van der Waals surface area contributed by atoms with E-state index in [4.69, 9.17) is 16.3 Å². The molecule has 0 aliphatic heterocycles. The third-order valence-corrected chi connectivity index (χ3v) is 7.59. The van der Waals surface area contributed by atoms with Crippen LogP contribution in [0.4, 0.5) is 11.4 Å². The van der Waals surface area contributed by atoms with Crippen LogP contribution in [-0.2, 0) is 10.3 Å². The molecule has 158 valence electrons. The third kappa shape index (κ3) is 2.90. The van der Waals surface area contributed by atoms with Crippen LogP contribution in [0.1, 0.15) is 38.5 Å². The van der Waals surface area contributed by atoms with E-state index in [1.54, 1.807) is 13.3 Å². The van der Waals surface area contributed by atoms with E-state index in [2.05, 4.69) is 10.4 Å². The number of aromatic nitrogens is 2. The molecule has 4 bridgehead atoms. The Morgan fingerprint density at radius 2 is 1.90 bits per heavy atom. The summed E-state index contributed by atoms with van der Waals surface area (Å²) in [6.07, 6.45) is 6.09. The van der Waals surface area contributed by atoms with Crippen molar-refractivity contribution in [3.8, 4) is 5.75 Å². The fourth-order valence-electron chi connectivity index (χ4n) is 6.40. The number of nitrogens with one attached hydrogen (secondary N) is 1. The number of carboxylic acid groups (broad SMARTS) is 1. The lowest BCUT2D eigenvalue weighted by Crippen LogP contribution is -2.61. The standard InChI is InChI=1S/C22H24ClN3O4/c1-30-16-4-2-15(3-5-16)25-17-11-24-26(19(27)18(17)23)22-9-13-6-14(10-22)8-21(7-13,12-22)20(28)29/h2-5,11,13-14,25H,6-10,12H2,1H3,(H,28,29)/t13-,14-,21?,22?/m0/s1. The van der Waals surface area contributed by atoms with Gasteiger partial charge in [0.2, 0.25) is 0 Å². The van der Waals surface area contributed by atoms with Gasteiger partial charge in [-0.25, -0.2) is 4.68 Å². The first-order valence-electron chi connectivity index (χ1n) is 10.3. The summed E-state index contributed by atoms with van der Waals surface area (Å²) in [4.78, 5) is 25.4. The zero-order chi connectivity index (χ0) is 21.1. The van der Waals surface area contributed by atoms with Gasteiger partial charge < -0.3 is 15.2 Å². The molecule has 1 aromatic heterocycles. The van der Waals surface area contributed by atoms with Crippen LogP contribution in [0, 0.1) is 17.3 Å². The summed E-state index contributed by atoms with van der Waals surface area (Å²) in [6.45, 7) is 0. The van der Waals surface area contributed by atoms with Gasteiger partial charge in [-0.15, -0.1) is 0 Å². The molecule has 4 saturated carbocycles. The minimum Gasteiger partial charge on any atom is -0.497 e. The summed E-state index contributed by atoms with van der Waals surface area (Å²) < 4.78 is 6.65. The fourth-order valence-corrected chi connectivity index (χ4v) is 6.58. The maximum atomic E-state index is 13.2. The normalized spacial score (nSPS) is 31.5. The molecule has 6 rings (SSSR count). The molecule has 2 aromatic rings. The van der Waals surface area contributed by atoms with E-state index in [1.165, 1.54) is 4.68 Å². The molecule has 8 heteroatoms. The molecule has 2 atom stereocenters. The van der Waals surface area contributed by atoms with Gasteiger partial charge >= 0.3 is 5.97 Å². The van der Waals surface area contributed by atoms with Gasteiger partial charge in [0.25, 0.3) is 5.56 Å². The molecule has 0 amide bonds. The van der Waals surface area contributed by atoms with Gasteiger partial charge in [-0.1, -0.05) is 11.6 Å². The van der Waals surface area contributed by atoms with Gasteiger partial charge in [-0.05, 0) is 74.6 Å². The Bertz CT molecular complexity index is 1050. The number of carboxylic acids is 1. The SMILES string of the molecule is COc1ccc(Nc2cnn(C34C[C@H]5C[C@@H](CC(C(=O)O)(C5)C3)C4)c(=O)c2Cl)cc1. The highest BCUT2D eigenvalue weighted by atomic mass is 35.5. The van der Waals surface area contributed by atoms with Gasteiger partial charge in [0.15, 0.2) is 0 Å². The van der Waals surface area contributed by atoms with E-state index in [0.717, 1.165) is 30.7 Å². The predicted octanol–water partition coefficient (Wildman–Crippen LogP) is 4.03. The number of halogens is 1. The number of aliphatic carboxylic acids is 1. The number of nitrogens with zero attached hydrogens (tertiary/aromatic N) is 2. The van der Waals surface area contributed by atoms with Crippen molar-refractivity contribution in [2.75, 3.05) is 12.4 Å². The molecule has 4 aliphatic carbocycles. The first-order chi connectivity index (χ1) is 14.3. The highest BCUT2D eigenvalue weighted by Gasteiger charge is 2.62. The Balaban J connectivity index is 1.49. The molecule has 1 aromatic carbocycles. The molecule has 7 nitrogen and oxygen atoms in total. The quantitative estimate of drug-likeness (QED) is 0.745. The number of ether oxygens (including phenoxy) is 1. The van der Waals surface area contributed by atoms with Crippen LogP contribution in [0.2, 0.25) is 5.02 Å². The summed E-state index contributed by atoms with van der Waals surface area (Å²) in [5.41, 5.74) is -0.464. The molecule has 4 aliphatic rings. The Morgan fingerprint density at radius 3 is 2.50 bits per heavy atom. The highest BCUT2D eigenvalue weighted by Crippen LogP contribution is 2.63. The van der Waals surface area contributed by atoms with Crippen molar-refractivity contribution in [2.45, 2.75) is 44.1 Å². The van der Waals surface area contributed by atoms with Gasteiger partial charge in [-0.3, -0.25) is 9.59 Å². The first-order valence-corrected chi connectivity index (χ1v) is 10.6. The molecule has 2 N–H and O–H groups in total. The number of anilines is 2. The Morgan fingerprint density at radius 1 is 1.23 bits per heavy atom. The molecule has 4 fully saturated rings.